The van der Waals surface area contributed by atoms with Crippen molar-refractivity contribution in [2.75, 3.05) is 18.0 Å². The van der Waals surface area contributed by atoms with Crippen LogP contribution in [-0.4, -0.2) is 18.1 Å². The number of anilines is 1. The lowest BCUT2D eigenvalue weighted by atomic mass is 9.95. The Kier molecular flexibility index (Phi) is 3.18. The maximum absolute atomic E-state index is 9.40. The van der Waals surface area contributed by atoms with Crippen molar-refractivity contribution in [3.63, 3.8) is 0 Å². The minimum Gasteiger partial charge on any atom is -0.355 e. The molecule has 2 heterocycles. The SMILES string of the molecule is CC1CN(c2nc3c(cc2C#N)CCCC3)CC1C. The van der Waals surface area contributed by atoms with Gasteiger partial charge in [0.1, 0.15) is 11.9 Å². The van der Waals surface area contributed by atoms with E-state index in [-0.39, 0.29) is 0 Å². The quantitative estimate of drug-likeness (QED) is 0.774. The molecule has 1 aliphatic carbocycles. The summed E-state index contributed by atoms with van der Waals surface area (Å²) >= 11 is 0. The highest BCUT2D eigenvalue weighted by Crippen LogP contribution is 2.31. The Morgan fingerprint density at radius 3 is 2.58 bits per heavy atom. The van der Waals surface area contributed by atoms with Crippen LogP contribution in [-0.2, 0) is 12.8 Å². The fraction of sp³-hybridized carbons (Fsp3) is 0.625. The molecule has 1 aliphatic heterocycles. The molecule has 1 saturated heterocycles. The van der Waals surface area contributed by atoms with Gasteiger partial charge in [0.25, 0.3) is 0 Å². The number of nitrogens with zero attached hydrogens (tertiary/aromatic N) is 3. The van der Waals surface area contributed by atoms with Crippen LogP contribution in [0.25, 0.3) is 0 Å². The Hall–Kier alpha value is -1.56. The van der Waals surface area contributed by atoms with Gasteiger partial charge in [0.15, 0.2) is 0 Å². The van der Waals surface area contributed by atoms with Gasteiger partial charge in [-0.2, -0.15) is 5.26 Å². The summed E-state index contributed by atoms with van der Waals surface area (Å²) in [4.78, 5) is 7.15. The summed E-state index contributed by atoms with van der Waals surface area (Å²) in [5.74, 6) is 2.30. The molecular formula is C16H21N3. The van der Waals surface area contributed by atoms with E-state index in [4.69, 9.17) is 4.98 Å². The molecule has 0 aromatic carbocycles. The lowest BCUT2D eigenvalue weighted by molar-refractivity contribution is 0.494. The second-order valence-electron chi connectivity index (χ2n) is 6.14. The average molecular weight is 255 g/mol. The minimum absolute atomic E-state index is 0.685. The van der Waals surface area contributed by atoms with Gasteiger partial charge >= 0.3 is 0 Å². The molecule has 0 spiro atoms. The van der Waals surface area contributed by atoms with Crippen LogP contribution in [0.4, 0.5) is 5.82 Å². The van der Waals surface area contributed by atoms with Gasteiger partial charge < -0.3 is 4.90 Å². The number of hydrogen-bond donors (Lipinski definition) is 0. The first-order valence-electron chi connectivity index (χ1n) is 7.37. The minimum atomic E-state index is 0.685. The summed E-state index contributed by atoms with van der Waals surface area (Å²) in [7, 11) is 0. The molecule has 0 radical (unpaired) electrons. The van der Waals surface area contributed by atoms with E-state index in [0.29, 0.717) is 11.8 Å². The van der Waals surface area contributed by atoms with E-state index in [1.54, 1.807) is 0 Å². The predicted octanol–water partition coefficient (Wildman–Crippen LogP) is 2.92. The van der Waals surface area contributed by atoms with Crippen LogP contribution < -0.4 is 4.90 Å². The van der Waals surface area contributed by atoms with Crippen molar-refractivity contribution in [1.29, 1.82) is 5.26 Å². The molecular weight excluding hydrogens is 234 g/mol. The predicted molar refractivity (Wildman–Crippen MR) is 76.1 cm³/mol. The third-order valence-corrected chi connectivity index (χ3v) is 4.69. The second-order valence-corrected chi connectivity index (χ2v) is 6.14. The first-order chi connectivity index (χ1) is 9.19. The van der Waals surface area contributed by atoms with E-state index in [1.165, 1.54) is 24.1 Å². The van der Waals surface area contributed by atoms with E-state index in [0.717, 1.165) is 37.3 Å². The largest absolute Gasteiger partial charge is 0.355 e. The molecule has 2 aliphatic rings. The summed E-state index contributed by atoms with van der Waals surface area (Å²) in [6.07, 6.45) is 4.63. The van der Waals surface area contributed by atoms with Crippen molar-refractivity contribution in [1.82, 2.24) is 4.98 Å². The standard InChI is InChI=1S/C16H21N3/c1-11-9-19(10-12(11)2)16-14(8-17)7-13-5-3-4-6-15(13)18-16/h7,11-12H,3-6,9-10H2,1-2H3. The third kappa shape index (κ3) is 2.20. The Morgan fingerprint density at radius 1 is 1.21 bits per heavy atom. The van der Waals surface area contributed by atoms with E-state index in [1.807, 2.05) is 0 Å². The maximum Gasteiger partial charge on any atom is 0.146 e. The highest BCUT2D eigenvalue weighted by Gasteiger charge is 2.29. The number of hydrogen-bond acceptors (Lipinski definition) is 3. The molecule has 100 valence electrons. The summed E-state index contributed by atoms with van der Waals surface area (Å²) in [6.45, 7) is 6.63. The molecule has 3 heteroatoms. The van der Waals surface area contributed by atoms with E-state index in [9.17, 15) is 5.26 Å². The molecule has 2 unspecified atom stereocenters. The molecule has 19 heavy (non-hydrogen) atoms. The van der Waals surface area contributed by atoms with E-state index in [2.05, 4.69) is 30.9 Å². The van der Waals surface area contributed by atoms with Crippen molar-refractivity contribution in [3.05, 3.63) is 22.9 Å². The van der Waals surface area contributed by atoms with Gasteiger partial charge in [0.05, 0.1) is 5.56 Å². The lowest BCUT2D eigenvalue weighted by Crippen LogP contribution is -2.23. The number of aryl methyl sites for hydroxylation is 2. The summed E-state index contributed by atoms with van der Waals surface area (Å²) < 4.78 is 0. The van der Waals surface area contributed by atoms with Gasteiger partial charge in [-0.3, -0.25) is 0 Å². The van der Waals surface area contributed by atoms with Gasteiger partial charge in [0.2, 0.25) is 0 Å². The molecule has 3 nitrogen and oxygen atoms in total. The number of aromatic nitrogens is 1. The highest BCUT2D eigenvalue weighted by molar-refractivity contribution is 5.57. The molecule has 1 aromatic heterocycles. The molecule has 0 amide bonds. The van der Waals surface area contributed by atoms with Crippen LogP contribution in [0, 0.1) is 23.2 Å². The van der Waals surface area contributed by atoms with Crippen LogP contribution in [0.15, 0.2) is 6.07 Å². The number of pyridine rings is 1. The topological polar surface area (TPSA) is 39.9 Å². The lowest BCUT2D eigenvalue weighted by Gasteiger charge is -2.22. The van der Waals surface area contributed by atoms with E-state index < -0.39 is 0 Å². The second kappa shape index (κ2) is 4.85. The van der Waals surface area contributed by atoms with Crippen LogP contribution >= 0.6 is 0 Å². The molecule has 1 fully saturated rings. The third-order valence-electron chi connectivity index (χ3n) is 4.69. The summed E-state index contributed by atoms with van der Waals surface area (Å²) in [6, 6.07) is 4.44. The zero-order valence-corrected chi connectivity index (χ0v) is 11.8. The number of fused-ring (bicyclic) bond motifs is 1. The normalized spacial score (nSPS) is 26.1. The van der Waals surface area contributed by atoms with Crippen molar-refractivity contribution in [2.45, 2.75) is 39.5 Å². The molecule has 0 bridgehead atoms. The zero-order chi connectivity index (χ0) is 13.4. The molecule has 0 N–H and O–H groups in total. The fourth-order valence-electron chi connectivity index (χ4n) is 3.25. The Balaban J connectivity index is 1.99. The van der Waals surface area contributed by atoms with Crippen molar-refractivity contribution < 1.29 is 0 Å². The highest BCUT2D eigenvalue weighted by atomic mass is 15.2. The monoisotopic (exact) mass is 255 g/mol. The molecule has 1 aromatic rings. The molecule has 3 rings (SSSR count). The zero-order valence-electron chi connectivity index (χ0n) is 11.8. The first-order valence-corrected chi connectivity index (χ1v) is 7.37. The summed E-state index contributed by atoms with van der Waals surface area (Å²) in [5.41, 5.74) is 3.29. The van der Waals surface area contributed by atoms with Crippen LogP contribution in [0.3, 0.4) is 0 Å². The van der Waals surface area contributed by atoms with E-state index >= 15 is 0 Å². The Morgan fingerprint density at radius 2 is 1.89 bits per heavy atom. The first kappa shape index (κ1) is 12.5. The van der Waals surface area contributed by atoms with Crippen molar-refractivity contribution in [3.8, 4) is 6.07 Å². The van der Waals surface area contributed by atoms with Crippen LogP contribution in [0.1, 0.15) is 43.5 Å². The smallest absolute Gasteiger partial charge is 0.146 e. The fourth-order valence-corrected chi connectivity index (χ4v) is 3.25. The van der Waals surface area contributed by atoms with Gasteiger partial charge in [-0.15, -0.1) is 0 Å². The Labute approximate surface area is 115 Å². The van der Waals surface area contributed by atoms with Gasteiger partial charge in [-0.25, -0.2) is 4.98 Å². The number of nitriles is 1. The van der Waals surface area contributed by atoms with Gasteiger partial charge in [-0.1, -0.05) is 13.8 Å². The number of rotatable bonds is 1. The maximum atomic E-state index is 9.40. The van der Waals surface area contributed by atoms with Crippen LogP contribution in [0.2, 0.25) is 0 Å². The van der Waals surface area contributed by atoms with Crippen molar-refractivity contribution >= 4 is 5.82 Å². The van der Waals surface area contributed by atoms with Crippen molar-refractivity contribution in [2.24, 2.45) is 11.8 Å². The Bertz CT molecular complexity index is 520. The average Bonchev–Trinajstić information content (AvgIpc) is 2.77. The molecule has 2 atom stereocenters. The summed E-state index contributed by atoms with van der Waals surface area (Å²) in [5, 5.41) is 9.40. The van der Waals surface area contributed by atoms with Gasteiger partial charge in [0, 0.05) is 18.8 Å². The molecule has 0 saturated carbocycles. The van der Waals surface area contributed by atoms with Gasteiger partial charge in [-0.05, 0) is 49.1 Å². The van der Waals surface area contributed by atoms with Crippen LogP contribution in [0.5, 0.6) is 0 Å².